The largest absolute Gasteiger partial charge is 0.497 e. The number of nitrogens with one attached hydrogen (secondary N) is 5. The number of para-hydroxylation sites is 1. The lowest BCUT2D eigenvalue weighted by Crippen LogP contribution is -2.55. The minimum absolute atomic E-state index is 0.0784. The highest BCUT2D eigenvalue weighted by Gasteiger charge is 2.61. The van der Waals surface area contributed by atoms with Crippen LogP contribution in [-0.2, 0) is 33.9 Å². The number of sulfonamides is 1. The van der Waals surface area contributed by atoms with E-state index in [1.54, 1.807) is 19.2 Å². The molecule has 0 bridgehead atoms. The van der Waals surface area contributed by atoms with Gasteiger partial charge in [-0.05, 0) is 44.5 Å². The van der Waals surface area contributed by atoms with Crippen LogP contribution in [0.1, 0.15) is 33.1 Å². The van der Waals surface area contributed by atoms with Crippen LogP contribution in [0.2, 0.25) is 0 Å². The second-order valence-corrected chi connectivity index (χ2v) is 16.9. The van der Waals surface area contributed by atoms with Gasteiger partial charge in [0.1, 0.15) is 33.7 Å². The van der Waals surface area contributed by atoms with Crippen LogP contribution >= 0.6 is 11.3 Å². The Morgan fingerprint density at radius 1 is 1.07 bits per heavy atom. The topological polar surface area (TPSA) is 228 Å². The molecule has 0 spiro atoms. The molecule has 1 saturated carbocycles. The Morgan fingerprint density at radius 3 is 2.58 bits per heavy atom. The summed E-state index contributed by atoms with van der Waals surface area (Å²) in [5.41, 5.74) is 0.680. The minimum atomic E-state index is -4.39. The average Bonchev–Trinajstić information content (AvgIpc) is 3.45. The van der Waals surface area contributed by atoms with Gasteiger partial charge in [-0.2, -0.15) is 0 Å². The van der Waals surface area contributed by atoms with Gasteiger partial charge >= 0.3 is 5.97 Å². The summed E-state index contributed by atoms with van der Waals surface area (Å²) in [5.74, 6) is -1.59. The number of aromatic nitrogens is 2. The zero-order chi connectivity index (χ0) is 42.2. The highest BCUT2D eigenvalue weighted by molar-refractivity contribution is 7.90. The predicted octanol–water partition coefficient (Wildman–Crippen LogP) is 3.78. The van der Waals surface area contributed by atoms with Crippen LogP contribution in [0.25, 0.3) is 22.3 Å². The third-order valence-corrected chi connectivity index (χ3v) is 11.9. The summed E-state index contributed by atoms with van der Waals surface area (Å²) in [4.78, 5) is 47.5. The first-order valence-corrected chi connectivity index (χ1v) is 21.5. The number of pyridine rings is 1. The van der Waals surface area contributed by atoms with Crippen molar-refractivity contribution in [1.82, 2.24) is 25.3 Å². The summed E-state index contributed by atoms with van der Waals surface area (Å²) in [5, 5.41) is 24.5. The van der Waals surface area contributed by atoms with Crippen LogP contribution in [0, 0.1) is 5.92 Å². The smallest absolute Gasteiger partial charge is 0.305 e. The molecule has 17 nitrogen and oxygen atoms in total. The number of aliphatic carboxylic acids is 1. The predicted molar refractivity (Wildman–Crippen MR) is 222 cm³/mol. The lowest BCUT2D eigenvalue weighted by Gasteiger charge is -2.21. The summed E-state index contributed by atoms with van der Waals surface area (Å²) in [6, 6.07) is 12.9. The molecule has 0 radical (unpaired) electrons. The molecule has 2 amide bonds. The molecule has 1 aliphatic heterocycles. The SMILES string of the molecule is C=C[C@@H]1C[C@@]1(NC(=O)[C@@H]1C[C@@H](Oc2cc(-c3csc(NC(C)C)n3)nc3cc(OC)ccc23)CN1)C(=O)NS(=O)(=O)c1ccccc1NCCOCCOCCC(=O)O. The maximum absolute atomic E-state index is 13.8. The summed E-state index contributed by atoms with van der Waals surface area (Å²) < 4.78 is 52.1. The lowest BCUT2D eigenvalue weighted by atomic mass is 10.1. The number of amides is 2. The monoisotopic (exact) mass is 851 g/mol. The van der Waals surface area contributed by atoms with Crippen molar-refractivity contribution < 1.29 is 46.9 Å². The number of hydrogen-bond donors (Lipinski definition) is 6. The second kappa shape index (κ2) is 19.2. The molecule has 316 valence electrons. The van der Waals surface area contributed by atoms with Crippen LogP contribution in [-0.4, -0.2) is 112 Å². The van der Waals surface area contributed by atoms with Gasteiger partial charge in [0.2, 0.25) is 5.91 Å². The van der Waals surface area contributed by atoms with Crippen molar-refractivity contribution in [2.45, 2.75) is 61.7 Å². The molecule has 4 atom stereocenters. The van der Waals surface area contributed by atoms with E-state index in [2.05, 4.69) is 32.6 Å². The zero-order valence-electron chi connectivity index (χ0n) is 33.0. The highest BCUT2D eigenvalue weighted by Crippen LogP contribution is 2.45. The van der Waals surface area contributed by atoms with Gasteiger partial charge in [-0.25, -0.2) is 23.1 Å². The third-order valence-electron chi connectivity index (χ3n) is 9.71. The molecule has 6 N–H and O–H groups in total. The van der Waals surface area contributed by atoms with Crippen molar-refractivity contribution in [3.05, 3.63) is 66.6 Å². The average molecular weight is 852 g/mol. The first kappa shape index (κ1) is 43.2. The molecule has 0 unspecified atom stereocenters. The number of fused-ring (bicyclic) bond motifs is 1. The molecule has 19 heteroatoms. The van der Waals surface area contributed by atoms with Gasteiger partial charge in [-0.15, -0.1) is 17.9 Å². The fraction of sp³-hybridized carbons (Fsp3) is 0.425. The standard InChI is InChI=1S/C40H49N7O10S2/c1-5-25-21-40(25,38(51)47-59(52,53)35-9-7-6-8-29(35)41-13-15-56-17-16-55-14-12-36(48)49)46-37(50)32-19-27(22-42-32)57-34-20-31(33-23-58-39(45-33)43-24(2)3)44-30-18-26(54-4)10-11-28(30)34/h5-11,18,20,23-25,27,32,41-42H,1,12-17,19,21-22H2,2-4H3,(H,43,45)(H,46,50)(H,47,51)(H,48,49)/t25-,27-,32+,40+/m1/s1. The summed E-state index contributed by atoms with van der Waals surface area (Å²) >= 11 is 1.48. The van der Waals surface area contributed by atoms with Crippen LogP contribution in [0.3, 0.4) is 0 Å². The Hall–Kier alpha value is -5.34. The third kappa shape index (κ3) is 10.8. The highest BCUT2D eigenvalue weighted by atomic mass is 32.2. The van der Waals surface area contributed by atoms with Crippen LogP contribution in [0.5, 0.6) is 11.5 Å². The number of anilines is 2. The van der Waals surface area contributed by atoms with Crippen LogP contribution in [0.4, 0.5) is 10.8 Å². The molecule has 2 aromatic heterocycles. The number of carboxylic acid groups (broad SMARTS) is 1. The summed E-state index contributed by atoms with van der Waals surface area (Å²) in [6.45, 7) is 9.17. The van der Waals surface area contributed by atoms with E-state index in [1.165, 1.54) is 29.5 Å². The molecule has 2 aliphatic rings. The lowest BCUT2D eigenvalue weighted by molar-refractivity contribution is -0.138. The van der Waals surface area contributed by atoms with Gasteiger partial charge in [0.05, 0.1) is 62.9 Å². The van der Waals surface area contributed by atoms with E-state index in [4.69, 9.17) is 34.0 Å². The number of nitrogens with zero attached hydrogens (tertiary/aromatic N) is 2. The first-order chi connectivity index (χ1) is 28.3. The maximum atomic E-state index is 13.8. The van der Waals surface area contributed by atoms with Crippen molar-refractivity contribution in [2.75, 3.05) is 57.3 Å². The zero-order valence-corrected chi connectivity index (χ0v) is 34.6. The Balaban J connectivity index is 1.08. The number of methoxy groups -OCH3 is 1. The van der Waals surface area contributed by atoms with Crippen LogP contribution in [0.15, 0.2) is 71.5 Å². The first-order valence-electron chi connectivity index (χ1n) is 19.1. The van der Waals surface area contributed by atoms with Gasteiger partial charge in [0.15, 0.2) is 5.13 Å². The second-order valence-electron chi connectivity index (χ2n) is 14.4. The Morgan fingerprint density at radius 2 is 1.85 bits per heavy atom. The van der Waals surface area contributed by atoms with Crippen molar-refractivity contribution in [1.29, 1.82) is 0 Å². The molecule has 1 aliphatic carbocycles. The van der Waals surface area contributed by atoms with E-state index in [9.17, 15) is 22.8 Å². The molecule has 1 saturated heterocycles. The van der Waals surface area contributed by atoms with E-state index in [-0.39, 0.29) is 68.9 Å². The van der Waals surface area contributed by atoms with E-state index in [0.29, 0.717) is 34.9 Å². The molecule has 4 aromatic rings. The Bertz CT molecular complexity index is 2270. The number of carbonyl (C=O) groups is 3. The number of hydrogen-bond acceptors (Lipinski definition) is 15. The fourth-order valence-electron chi connectivity index (χ4n) is 6.60. The van der Waals surface area contributed by atoms with E-state index in [0.717, 1.165) is 10.5 Å². The van der Waals surface area contributed by atoms with Gasteiger partial charge < -0.3 is 45.3 Å². The maximum Gasteiger partial charge on any atom is 0.305 e. The van der Waals surface area contributed by atoms with E-state index < -0.39 is 51.4 Å². The Labute approximate surface area is 346 Å². The molecule has 3 heterocycles. The van der Waals surface area contributed by atoms with Crippen molar-refractivity contribution in [3.8, 4) is 22.9 Å². The van der Waals surface area contributed by atoms with Gasteiger partial charge in [0, 0.05) is 54.4 Å². The fourth-order valence-corrected chi connectivity index (χ4v) is 8.68. The normalized spacial score (nSPS) is 19.9. The Kier molecular flexibility index (Phi) is 14.0. The number of carbonyl (C=O) groups excluding carboxylic acids is 2. The number of ether oxygens (including phenoxy) is 4. The quantitative estimate of drug-likeness (QED) is 0.0489. The van der Waals surface area contributed by atoms with Crippen LogP contribution < -0.4 is 35.5 Å². The number of rotatable bonds is 22. The molecule has 2 aromatic carbocycles. The molecular formula is C40H49N7O10S2. The van der Waals surface area contributed by atoms with Gasteiger partial charge in [-0.3, -0.25) is 14.4 Å². The van der Waals surface area contributed by atoms with Crippen molar-refractivity contribution in [2.24, 2.45) is 5.92 Å². The summed E-state index contributed by atoms with van der Waals surface area (Å²) in [7, 11) is -2.81. The van der Waals surface area contributed by atoms with Crippen molar-refractivity contribution >= 4 is 60.9 Å². The van der Waals surface area contributed by atoms with Gasteiger partial charge in [-0.1, -0.05) is 18.2 Å². The number of carboxylic acids is 1. The molecule has 2 fully saturated rings. The number of benzene rings is 2. The summed E-state index contributed by atoms with van der Waals surface area (Å²) in [6.07, 6.45) is 1.45. The molecular weight excluding hydrogens is 803 g/mol. The molecule has 6 rings (SSSR count). The van der Waals surface area contributed by atoms with E-state index >= 15 is 0 Å². The minimum Gasteiger partial charge on any atom is -0.497 e. The van der Waals surface area contributed by atoms with Gasteiger partial charge in [0.25, 0.3) is 15.9 Å². The van der Waals surface area contributed by atoms with E-state index in [1.807, 2.05) is 43.5 Å². The number of thiazole rings is 1. The van der Waals surface area contributed by atoms with Crippen molar-refractivity contribution in [3.63, 3.8) is 0 Å². The molecule has 59 heavy (non-hydrogen) atoms.